The quantitative estimate of drug-likeness (QED) is 0.234. The van der Waals surface area contributed by atoms with Gasteiger partial charge in [0.2, 0.25) is 0 Å². The molecule has 0 saturated heterocycles. The van der Waals surface area contributed by atoms with E-state index in [0.717, 1.165) is 38.6 Å². The molecular weight excluding hydrogens is 379 g/mol. The SMILES string of the molecule is CN=C(NCCNC(C)(C)C)NCCOCCC(C)C.I. The smallest absolute Gasteiger partial charge is 0.191 e. The number of aliphatic imine (C=N–C) groups is 1. The van der Waals surface area contributed by atoms with Crippen molar-refractivity contribution in [3.63, 3.8) is 0 Å². The van der Waals surface area contributed by atoms with Crippen molar-refractivity contribution in [3.05, 3.63) is 0 Å². The van der Waals surface area contributed by atoms with Gasteiger partial charge in [-0.05, 0) is 33.1 Å². The molecule has 0 bridgehead atoms. The molecule has 0 aliphatic heterocycles. The molecule has 0 saturated carbocycles. The van der Waals surface area contributed by atoms with E-state index in [9.17, 15) is 0 Å². The summed E-state index contributed by atoms with van der Waals surface area (Å²) in [6.07, 6.45) is 1.12. The molecule has 5 nitrogen and oxygen atoms in total. The van der Waals surface area contributed by atoms with Gasteiger partial charge in [-0.1, -0.05) is 13.8 Å². The van der Waals surface area contributed by atoms with E-state index in [2.05, 4.69) is 55.6 Å². The first-order valence-electron chi connectivity index (χ1n) is 7.62. The number of nitrogens with one attached hydrogen (secondary N) is 3. The predicted molar refractivity (Wildman–Crippen MR) is 103 cm³/mol. The van der Waals surface area contributed by atoms with Crippen LogP contribution in [0.3, 0.4) is 0 Å². The van der Waals surface area contributed by atoms with Crippen molar-refractivity contribution in [2.75, 3.05) is 39.9 Å². The summed E-state index contributed by atoms with van der Waals surface area (Å²) in [6, 6.07) is 0. The molecular formula is C15H35IN4O. The van der Waals surface area contributed by atoms with Crippen LogP contribution < -0.4 is 16.0 Å². The third-order valence-corrected chi connectivity index (χ3v) is 2.67. The lowest BCUT2D eigenvalue weighted by atomic mass is 10.1. The average molecular weight is 414 g/mol. The van der Waals surface area contributed by atoms with Gasteiger partial charge in [0.25, 0.3) is 0 Å². The second kappa shape index (κ2) is 13.6. The predicted octanol–water partition coefficient (Wildman–Crippen LogP) is 2.22. The Bertz CT molecular complexity index is 265. The van der Waals surface area contributed by atoms with Crippen molar-refractivity contribution in [2.45, 2.75) is 46.6 Å². The lowest BCUT2D eigenvalue weighted by Crippen LogP contribution is -2.45. The molecule has 0 spiro atoms. The highest BCUT2D eigenvalue weighted by atomic mass is 127. The highest BCUT2D eigenvalue weighted by Crippen LogP contribution is 1.98. The fourth-order valence-electron chi connectivity index (χ4n) is 1.50. The van der Waals surface area contributed by atoms with Crippen molar-refractivity contribution in [2.24, 2.45) is 10.9 Å². The molecule has 128 valence electrons. The van der Waals surface area contributed by atoms with E-state index >= 15 is 0 Å². The number of ether oxygens (including phenoxy) is 1. The Morgan fingerprint density at radius 2 is 1.67 bits per heavy atom. The maximum absolute atomic E-state index is 5.55. The normalized spacial score (nSPS) is 12.2. The molecule has 0 radical (unpaired) electrons. The van der Waals surface area contributed by atoms with E-state index < -0.39 is 0 Å². The van der Waals surface area contributed by atoms with Gasteiger partial charge < -0.3 is 20.7 Å². The first-order valence-corrected chi connectivity index (χ1v) is 7.62. The number of hydrogen-bond donors (Lipinski definition) is 3. The molecule has 0 aliphatic rings. The van der Waals surface area contributed by atoms with Gasteiger partial charge in [0.05, 0.1) is 6.61 Å². The fourth-order valence-corrected chi connectivity index (χ4v) is 1.50. The Morgan fingerprint density at radius 1 is 1.05 bits per heavy atom. The average Bonchev–Trinajstić information content (AvgIpc) is 2.34. The molecule has 3 N–H and O–H groups in total. The van der Waals surface area contributed by atoms with E-state index in [0.29, 0.717) is 12.5 Å². The summed E-state index contributed by atoms with van der Waals surface area (Å²) in [5, 5.41) is 9.94. The number of halogens is 1. The van der Waals surface area contributed by atoms with Crippen LogP contribution in [0.2, 0.25) is 0 Å². The van der Waals surface area contributed by atoms with Crippen LogP contribution in [0.25, 0.3) is 0 Å². The van der Waals surface area contributed by atoms with Gasteiger partial charge in [-0.25, -0.2) is 0 Å². The Hall–Kier alpha value is -0.0800. The molecule has 0 rings (SSSR count). The van der Waals surface area contributed by atoms with E-state index in [4.69, 9.17) is 4.74 Å². The van der Waals surface area contributed by atoms with Gasteiger partial charge in [-0.15, -0.1) is 24.0 Å². The molecule has 0 aliphatic carbocycles. The molecule has 0 aromatic heterocycles. The Balaban J connectivity index is 0. The minimum absolute atomic E-state index is 0. The van der Waals surface area contributed by atoms with Crippen LogP contribution in [-0.2, 0) is 4.74 Å². The monoisotopic (exact) mass is 414 g/mol. The van der Waals surface area contributed by atoms with E-state index in [1.54, 1.807) is 7.05 Å². The van der Waals surface area contributed by atoms with Crippen molar-refractivity contribution in [1.29, 1.82) is 0 Å². The summed E-state index contributed by atoms with van der Waals surface area (Å²) in [5.74, 6) is 1.53. The second-order valence-electron chi connectivity index (χ2n) is 6.40. The minimum Gasteiger partial charge on any atom is -0.380 e. The molecule has 6 heteroatoms. The highest BCUT2D eigenvalue weighted by molar-refractivity contribution is 14.0. The number of hydrogen-bond acceptors (Lipinski definition) is 3. The zero-order chi connectivity index (χ0) is 15.4. The van der Waals surface area contributed by atoms with Crippen LogP contribution in [0.1, 0.15) is 41.0 Å². The molecule has 0 atom stereocenters. The zero-order valence-corrected chi connectivity index (χ0v) is 16.9. The third-order valence-electron chi connectivity index (χ3n) is 2.67. The fraction of sp³-hybridized carbons (Fsp3) is 0.933. The minimum atomic E-state index is 0. The highest BCUT2D eigenvalue weighted by Gasteiger charge is 2.07. The van der Waals surface area contributed by atoms with Crippen molar-refractivity contribution >= 4 is 29.9 Å². The lowest BCUT2D eigenvalue weighted by molar-refractivity contribution is 0.128. The topological polar surface area (TPSA) is 57.7 Å². The summed E-state index contributed by atoms with van der Waals surface area (Å²) in [5.41, 5.74) is 0.156. The number of guanidine groups is 1. The van der Waals surface area contributed by atoms with Gasteiger partial charge in [-0.2, -0.15) is 0 Å². The van der Waals surface area contributed by atoms with Crippen molar-refractivity contribution < 1.29 is 4.74 Å². The zero-order valence-electron chi connectivity index (χ0n) is 14.6. The van der Waals surface area contributed by atoms with Gasteiger partial charge in [0.1, 0.15) is 0 Å². The number of rotatable bonds is 9. The molecule has 0 aromatic carbocycles. The molecule has 0 heterocycles. The maximum atomic E-state index is 5.55. The molecule has 0 fully saturated rings. The molecule has 0 amide bonds. The summed E-state index contributed by atoms with van der Waals surface area (Å²) in [4.78, 5) is 4.18. The van der Waals surface area contributed by atoms with E-state index in [1.165, 1.54) is 0 Å². The number of nitrogens with zero attached hydrogens (tertiary/aromatic N) is 1. The van der Waals surface area contributed by atoms with Gasteiger partial charge in [-0.3, -0.25) is 4.99 Å². The standard InChI is InChI=1S/C15H34N4O.HI/c1-13(2)7-11-20-12-10-18-14(16-6)17-8-9-19-15(3,4)5;/h13,19H,7-12H2,1-6H3,(H2,16,17,18);1H. The maximum Gasteiger partial charge on any atom is 0.191 e. The summed E-state index contributed by atoms with van der Waals surface area (Å²) in [6.45, 7) is 15.0. The first-order chi connectivity index (χ1) is 9.35. The van der Waals surface area contributed by atoms with Crippen molar-refractivity contribution in [1.82, 2.24) is 16.0 Å². The van der Waals surface area contributed by atoms with Crippen LogP contribution in [0.15, 0.2) is 4.99 Å². The van der Waals surface area contributed by atoms with E-state index in [-0.39, 0.29) is 29.5 Å². The summed E-state index contributed by atoms with van der Waals surface area (Å²) in [7, 11) is 1.78. The van der Waals surface area contributed by atoms with Gasteiger partial charge in [0.15, 0.2) is 5.96 Å². The Morgan fingerprint density at radius 3 is 2.19 bits per heavy atom. The second-order valence-corrected chi connectivity index (χ2v) is 6.40. The lowest BCUT2D eigenvalue weighted by Gasteiger charge is -2.21. The molecule has 21 heavy (non-hydrogen) atoms. The molecule has 0 aromatic rings. The summed E-state index contributed by atoms with van der Waals surface area (Å²) >= 11 is 0. The first kappa shape index (κ1) is 23.2. The van der Waals surface area contributed by atoms with Crippen LogP contribution >= 0.6 is 24.0 Å². The van der Waals surface area contributed by atoms with Gasteiger partial charge in [0, 0.05) is 38.8 Å². The van der Waals surface area contributed by atoms with Crippen LogP contribution in [0.5, 0.6) is 0 Å². The largest absolute Gasteiger partial charge is 0.380 e. The third kappa shape index (κ3) is 17.9. The van der Waals surface area contributed by atoms with Crippen molar-refractivity contribution in [3.8, 4) is 0 Å². The summed E-state index contributed by atoms with van der Waals surface area (Å²) < 4.78 is 5.55. The van der Waals surface area contributed by atoms with Crippen LogP contribution in [0, 0.1) is 5.92 Å². The van der Waals surface area contributed by atoms with E-state index in [1.807, 2.05) is 0 Å². The van der Waals surface area contributed by atoms with Crippen LogP contribution in [-0.4, -0.2) is 51.4 Å². The Kier molecular flexibility index (Phi) is 15.0. The Labute approximate surface area is 148 Å². The molecule has 0 unspecified atom stereocenters. The van der Waals surface area contributed by atoms with Gasteiger partial charge >= 0.3 is 0 Å². The van der Waals surface area contributed by atoms with Crippen LogP contribution in [0.4, 0.5) is 0 Å².